The molecule has 0 heterocycles. The molecule has 144 valence electrons. The first kappa shape index (κ1) is 22.8. The van der Waals surface area contributed by atoms with Gasteiger partial charge >= 0.3 is 0 Å². The number of rotatable bonds is 11. The zero-order valence-corrected chi connectivity index (χ0v) is 16.0. The van der Waals surface area contributed by atoms with E-state index in [1.165, 1.54) is 0 Å². The molecular formula is C21H22N4O3. The van der Waals surface area contributed by atoms with Crippen molar-refractivity contribution < 1.29 is 14.3 Å². The predicted molar refractivity (Wildman–Crippen MR) is 99.0 cm³/mol. The van der Waals surface area contributed by atoms with Crippen molar-refractivity contribution in [1.29, 1.82) is 21.0 Å². The molecule has 0 amide bonds. The number of ketones is 1. The van der Waals surface area contributed by atoms with E-state index in [-0.39, 0.29) is 38.3 Å². The third-order valence-corrected chi connectivity index (χ3v) is 4.49. The zero-order chi connectivity index (χ0) is 21.0. The smallest absolute Gasteiger partial charge is 0.180 e. The van der Waals surface area contributed by atoms with E-state index in [1.807, 2.05) is 24.3 Å². The number of nitriles is 4. The molecule has 7 nitrogen and oxygen atoms in total. The third kappa shape index (κ3) is 4.93. The van der Waals surface area contributed by atoms with E-state index in [0.29, 0.717) is 5.56 Å². The first-order valence-electron chi connectivity index (χ1n) is 8.94. The molecule has 28 heavy (non-hydrogen) atoms. The van der Waals surface area contributed by atoms with Crippen LogP contribution in [-0.4, -0.2) is 25.3 Å². The first-order chi connectivity index (χ1) is 13.5. The van der Waals surface area contributed by atoms with Gasteiger partial charge in [0.05, 0.1) is 24.3 Å². The Balaban J connectivity index is 3.20. The van der Waals surface area contributed by atoms with Crippen LogP contribution in [0.3, 0.4) is 0 Å². The Morgan fingerprint density at radius 1 is 0.929 bits per heavy atom. The van der Waals surface area contributed by atoms with Gasteiger partial charge in [-0.25, -0.2) is 0 Å². The van der Waals surface area contributed by atoms with Crippen LogP contribution in [0.1, 0.15) is 43.5 Å². The van der Waals surface area contributed by atoms with E-state index < -0.39 is 17.1 Å². The summed E-state index contributed by atoms with van der Waals surface area (Å²) in [5, 5.41) is 39.1. The van der Waals surface area contributed by atoms with Crippen molar-refractivity contribution in [2.24, 2.45) is 10.8 Å². The molecule has 0 aliphatic heterocycles. The number of carbonyl (C=O) groups is 1. The van der Waals surface area contributed by atoms with Crippen LogP contribution in [0.5, 0.6) is 0 Å². The number of hydrogen-bond acceptors (Lipinski definition) is 7. The minimum Gasteiger partial charge on any atom is -0.353 e. The number of hydrogen-bond donors (Lipinski definition) is 0. The van der Waals surface area contributed by atoms with Gasteiger partial charge in [-0.3, -0.25) is 4.79 Å². The Labute approximate surface area is 165 Å². The second-order valence-corrected chi connectivity index (χ2v) is 6.09. The van der Waals surface area contributed by atoms with E-state index in [2.05, 4.69) is 0 Å². The maximum absolute atomic E-state index is 12.4. The fourth-order valence-electron chi connectivity index (χ4n) is 2.88. The lowest BCUT2D eigenvalue weighted by Gasteiger charge is -2.33. The SMILES string of the molecule is CCOC(CC(C#N)(C#N)C(C#N)(C#N)CCC(=O)c1ccccc1)OCC. The minimum atomic E-state index is -2.01. The van der Waals surface area contributed by atoms with Crippen LogP contribution >= 0.6 is 0 Å². The Morgan fingerprint density at radius 2 is 1.43 bits per heavy atom. The fraction of sp³-hybridized carbons (Fsp3) is 0.476. The monoisotopic (exact) mass is 378 g/mol. The molecule has 0 atom stereocenters. The van der Waals surface area contributed by atoms with Crippen LogP contribution in [-0.2, 0) is 9.47 Å². The molecule has 0 fully saturated rings. The molecule has 0 unspecified atom stereocenters. The van der Waals surface area contributed by atoms with Crippen molar-refractivity contribution in [3.63, 3.8) is 0 Å². The third-order valence-electron chi connectivity index (χ3n) is 4.49. The van der Waals surface area contributed by atoms with Gasteiger partial charge in [0.25, 0.3) is 0 Å². The van der Waals surface area contributed by atoms with Gasteiger partial charge in [0, 0.05) is 31.6 Å². The molecule has 0 bridgehead atoms. The summed E-state index contributed by atoms with van der Waals surface area (Å²) >= 11 is 0. The zero-order valence-electron chi connectivity index (χ0n) is 16.0. The van der Waals surface area contributed by atoms with Gasteiger partial charge < -0.3 is 9.47 Å². The van der Waals surface area contributed by atoms with Crippen molar-refractivity contribution in [2.75, 3.05) is 13.2 Å². The largest absolute Gasteiger partial charge is 0.353 e. The van der Waals surface area contributed by atoms with E-state index in [1.54, 1.807) is 44.2 Å². The van der Waals surface area contributed by atoms with E-state index >= 15 is 0 Å². The lowest BCUT2D eigenvalue weighted by molar-refractivity contribution is -0.151. The standard InChI is InChI=1S/C21H22N4O3/c1-3-27-19(28-4-2)12-21(15-24,16-25)20(13-22,14-23)11-10-18(26)17-8-6-5-7-9-17/h5-9,19H,3-4,10-12H2,1-2H3. The van der Waals surface area contributed by atoms with Gasteiger partial charge in [0.2, 0.25) is 0 Å². The van der Waals surface area contributed by atoms with Crippen LogP contribution in [0.25, 0.3) is 0 Å². The summed E-state index contributed by atoms with van der Waals surface area (Å²) in [4.78, 5) is 12.4. The minimum absolute atomic E-state index is 0.149. The van der Waals surface area contributed by atoms with Crippen LogP contribution in [0.15, 0.2) is 30.3 Å². The summed E-state index contributed by atoms with van der Waals surface area (Å²) in [6.45, 7) is 4.01. The molecule has 1 aromatic rings. The van der Waals surface area contributed by atoms with Gasteiger partial charge in [0.1, 0.15) is 0 Å². The molecule has 0 N–H and O–H groups in total. The molecule has 0 saturated heterocycles. The first-order valence-corrected chi connectivity index (χ1v) is 8.94. The maximum atomic E-state index is 12.4. The van der Waals surface area contributed by atoms with Gasteiger partial charge in [-0.2, -0.15) is 21.0 Å². The highest BCUT2D eigenvalue weighted by atomic mass is 16.7. The van der Waals surface area contributed by atoms with Crippen molar-refractivity contribution in [2.45, 2.75) is 39.4 Å². The molecule has 0 aliphatic carbocycles. The summed E-state index contributed by atoms with van der Waals surface area (Å²) in [6.07, 6.45) is -1.59. The Bertz CT molecular complexity index is 790. The van der Waals surface area contributed by atoms with Crippen LogP contribution in [0, 0.1) is 56.2 Å². The van der Waals surface area contributed by atoms with Crippen molar-refractivity contribution in [3.05, 3.63) is 35.9 Å². The molecule has 0 aromatic heterocycles. The summed E-state index contributed by atoms with van der Waals surface area (Å²) in [5.41, 5.74) is -3.58. The highest BCUT2D eigenvalue weighted by Crippen LogP contribution is 2.46. The van der Waals surface area contributed by atoms with E-state index in [4.69, 9.17) is 9.47 Å². The molecule has 1 aromatic carbocycles. The topological polar surface area (TPSA) is 131 Å². The van der Waals surface area contributed by atoms with E-state index in [0.717, 1.165) is 0 Å². The number of nitrogens with zero attached hydrogens (tertiary/aromatic N) is 4. The highest BCUT2D eigenvalue weighted by Gasteiger charge is 2.55. The van der Waals surface area contributed by atoms with Crippen molar-refractivity contribution in [3.8, 4) is 24.3 Å². The Morgan fingerprint density at radius 3 is 1.86 bits per heavy atom. The molecule has 0 saturated carbocycles. The molecule has 7 heteroatoms. The van der Waals surface area contributed by atoms with E-state index in [9.17, 15) is 25.8 Å². The number of carbonyl (C=O) groups excluding carboxylic acids is 1. The highest BCUT2D eigenvalue weighted by molar-refractivity contribution is 5.96. The van der Waals surface area contributed by atoms with Gasteiger partial charge in [-0.05, 0) is 20.3 Å². The second-order valence-electron chi connectivity index (χ2n) is 6.09. The maximum Gasteiger partial charge on any atom is 0.180 e. The van der Waals surface area contributed by atoms with Crippen molar-refractivity contribution >= 4 is 5.78 Å². The Hall–Kier alpha value is -3.23. The summed E-state index contributed by atoms with van der Waals surface area (Å²) < 4.78 is 10.8. The van der Waals surface area contributed by atoms with Gasteiger partial charge in [-0.1, -0.05) is 30.3 Å². The van der Waals surface area contributed by atoms with Crippen LogP contribution in [0.4, 0.5) is 0 Å². The number of ether oxygens (including phenoxy) is 2. The number of benzene rings is 1. The van der Waals surface area contributed by atoms with Crippen LogP contribution in [0.2, 0.25) is 0 Å². The lowest BCUT2D eigenvalue weighted by Crippen LogP contribution is -2.42. The average molecular weight is 378 g/mol. The summed E-state index contributed by atoms with van der Waals surface area (Å²) in [6, 6.07) is 15.8. The normalized spacial score (nSPS) is 11.1. The Kier molecular flexibility index (Phi) is 8.80. The summed E-state index contributed by atoms with van der Waals surface area (Å²) in [5.74, 6) is -0.272. The van der Waals surface area contributed by atoms with Crippen molar-refractivity contribution in [1.82, 2.24) is 0 Å². The quantitative estimate of drug-likeness (QED) is 0.425. The van der Waals surface area contributed by atoms with Gasteiger partial charge in [0.15, 0.2) is 22.9 Å². The molecular weight excluding hydrogens is 356 g/mol. The average Bonchev–Trinajstić information content (AvgIpc) is 2.74. The fourth-order valence-corrected chi connectivity index (χ4v) is 2.88. The second kappa shape index (κ2) is 10.8. The predicted octanol–water partition coefficient (Wildman–Crippen LogP) is 3.51. The van der Waals surface area contributed by atoms with Gasteiger partial charge in [-0.15, -0.1) is 0 Å². The summed E-state index contributed by atoms with van der Waals surface area (Å²) in [7, 11) is 0. The van der Waals surface area contributed by atoms with Crippen LogP contribution < -0.4 is 0 Å². The molecule has 0 spiro atoms. The molecule has 1 rings (SSSR count). The molecule has 0 radical (unpaired) electrons. The lowest BCUT2D eigenvalue weighted by atomic mass is 9.62. The molecule has 0 aliphatic rings. The number of Topliss-reactive ketones (excluding diaryl/α,β-unsaturated/α-hetero) is 1.